The van der Waals surface area contributed by atoms with Crippen molar-refractivity contribution in [2.45, 2.75) is 25.2 Å². The first-order valence-corrected chi connectivity index (χ1v) is 4.77. The van der Waals surface area contributed by atoms with Gasteiger partial charge in [-0.15, -0.1) is 0 Å². The second-order valence-corrected chi connectivity index (χ2v) is 3.85. The summed E-state index contributed by atoms with van der Waals surface area (Å²) < 4.78 is 1.17. The van der Waals surface area contributed by atoms with Gasteiger partial charge in [0.1, 0.15) is 0 Å². The molecule has 0 unspecified atom stereocenters. The summed E-state index contributed by atoms with van der Waals surface area (Å²) in [6.07, 6.45) is 5.87. The smallest absolute Gasteiger partial charge is 0.0576 e. The lowest BCUT2D eigenvalue weighted by molar-refractivity contribution is 0.409. The van der Waals surface area contributed by atoms with E-state index in [4.69, 9.17) is 0 Å². The van der Waals surface area contributed by atoms with Crippen LogP contribution in [0.15, 0.2) is 22.8 Å². The van der Waals surface area contributed by atoms with Crippen LogP contribution in [0.4, 0.5) is 0 Å². The van der Waals surface area contributed by atoms with E-state index in [0.29, 0.717) is 0 Å². The van der Waals surface area contributed by atoms with E-state index >= 15 is 0 Å². The maximum Gasteiger partial charge on any atom is 0.0576 e. The SMILES string of the molecule is Brc1cccnc1C1CCC1. The summed E-state index contributed by atoms with van der Waals surface area (Å²) in [5.41, 5.74) is 1.25. The molecule has 0 amide bonds. The Balaban J connectivity index is 2.28. The summed E-state index contributed by atoms with van der Waals surface area (Å²) in [6, 6.07) is 4.03. The van der Waals surface area contributed by atoms with E-state index in [-0.39, 0.29) is 0 Å². The minimum absolute atomic E-state index is 0.727. The fourth-order valence-electron chi connectivity index (χ4n) is 1.38. The molecule has 1 fully saturated rings. The molecule has 0 spiro atoms. The van der Waals surface area contributed by atoms with Crippen molar-refractivity contribution in [1.29, 1.82) is 0 Å². The number of hydrogen-bond donors (Lipinski definition) is 0. The highest BCUT2D eigenvalue weighted by molar-refractivity contribution is 9.10. The molecule has 1 saturated carbocycles. The molecule has 0 N–H and O–H groups in total. The highest BCUT2D eigenvalue weighted by Crippen LogP contribution is 2.38. The number of halogens is 1. The summed E-state index contributed by atoms with van der Waals surface area (Å²) in [6.45, 7) is 0. The number of pyridine rings is 1. The maximum atomic E-state index is 4.35. The molecule has 58 valence electrons. The average Bonchev–Trinajstić information content (AvgIpc) is 1.90. The number of aromatic nitrogens is 1. The van der Waals surface area contributed by atoms with Gasteiger partial charge in [-0.2, -0.15) is 0 Å². The quantitative estimate of drug-likeness (QED) is 0.696. The van der Waals surface area contributed by atoms with Crippen molar-refractivity contribution in [2.75, 3.05) is 0 Å². The first-order chi connectivity index (χ1) is 5.38. The highest BCUT2D eigenvalue weighted by Gasteiger charge is 2.22. The molecule has 0 bridgehead atoms. The lowest BCUT2D eigenvalue weighted by Crippen LogP contribution is -2.10. The molecule has 0 aliphatic heterocycles. The van der Waals surface area contributed by atoms with Gasteiger partial charge in [-0.1, -0.05) is 6.42 Å². The zero-order chi connectivity index (χ0) is 7.68. The maximum absolute atomic E-state index is 4.35. The molecule has 11 heavy (non-hydrogen) atoms. The predicted octanol–water partition coefficient (Wildman–Crippen LogP) is 3.11. The minimum Gasteiger partial charge on any atom is -0.260 e. The van der Waals surface area contributed by atoms with Crippen molar-refractivity contribution < 1.29 is 0 Å². The zero-order valence-electron chi connectivity index (χ0n) is 6.26. The molecular formula is C9H10BrN. The van der Waals surface area contributed by atoms with E-state index in [9.17, 15) is 0 Å². The van der Waals surface area contributed by atoms with Crippen LogP contribution in [0.25, 0.3) is 0 Å². The van der Waals surface area contributed by atoms with E-state index in [1.54, 1.807) is 0 Å². The molecule has 1 nitrogen and oxygen atoms in total. The van der Waals surface area contributed by atoms with Crippen LogP contribution < -0.4 is 0 Å². The van der Waals surface area contributed by atoms with Gasteiger partial charge in [0.05, 0.1) is 5.69 Å². The third-order valence-corrected chi connectivity index (χ3v) is 2.95. The number of nitrogens with zero attached hydrogens (tertiary/aromatic N) is 1. The van der Waals surface area contributed by atoms with Crippen LogP contribution in [0.3, 0.4) is 0 Å². The van der Waals surface area contributed by atoms with Gasteiger partial charge in [0.15, 0.2) is 0 Å². The van der Waals surface area contributed by atoms with Crippen molar-refractivity contribution in [3.05, 3.63) is 28.5 Å². The molecule has 1 aromatic rings. The summed E-state index contributed by atoms with van der Waals surface area (Å²) in [5, 5.41) is 0. The third kappa shape index (κ3) is 1.32. The van der Waals surface area contributed by atoms with Gasteiger partial charge >= 0.3 is 0 Å². The Labute approximate surface area is 75.0 Å². The van der Waals surface area contributed by atoms with Crippen molar-refractivity contribution in [1.82, 2.24) is 4.98 Å². The highest BCUT2D eigenvalue weighted by atomic mass is 79.9. The lowest BCUT2D eigenvalue weighted by atomic mass is 9.83. The van der Waals surface area contributed by atoms with Gasteiger partial charge in [-0.3, -0.25) is 4.98 Å². The zero-order valence-corrected chi connectivity index (χ0v) is 7.84. The molecule has 1 aromatic heterocycles. The van der Waals surface area contributed by atoms with Crippen LogP contribution in [0.5, 0.6) is 0 Å². The van der Waals surface area contributed by atoms with Gasteiger partial charge in [0, 0.05) is 16.6 Å². The van der Waals surface area contributed by atoms with Crippen LogP contribution in [0, 0.1) is 0 Å². The molecule has 0 atom stereocenters. The molecule has 1 aliphatic rings. The normalized spacial score (nSPS) is 17.9. The van der Waals surface area contributed by atoms with Crippen molar-refractivity contribution >= 4 is 15.9 Å². The Hall–Kier alpha value is -0.370. The molecule has 1 aliphatic carbocycles. The van der Waals surface area contributed by atoms with E-state index in [0.717, 1.165) is 5.92 Å². The van der Waals surface area contributed by atoms with Gasteiger partial charge in [0.25, 0.3) is 0 Å². The number of rotatable bonds is 1. The minimum atomic E-state index is 0.727. The molecule has 1 heterocycles. The van der Waals surface area contributed by atoms with Crippen molar-refractivity contribution in [3.63, 3.8) is 0 Å². The Morgan fingerprint density at radius 1 is 1.45 bits per heavy atom. The second-order valence-electron chi connectivity index (χ2n) is 3.00. The van der Waals surface area contributed by atoms with Gasteiger partial charge < -0.3 is 0 Å². The van der Waals surface area contributed by atoms with Crippen molar-refractivity contribution in [2.24, 2.45) is 0 Å². The standard InChI is InChI=1S/C9H10BrN/c10-8-5-2-6-11-9(8)7-3-1-4-7/h2,5-7H,1,3-4H2. The first kappa shape index (κ1) is 7.29. The van der Waals surface area contributed by atoms with Crippen LogP contribution in [0.2, 0.25) is 0 Å². The summed E-state index contributed by atoms with van der Waals surface area (Å²) in [7, 11) is 0. The third-order valence-electron chi connectivity index (χ3n) is 2.28. The van der Waals surface area contributed by atoms with Crippen LogP contribution >= 0.6 is 15.9 Å². The Kier molecular flexibility index (Phi) is 1.95. The van der Waals surface area contributed by atoms with E-state index in [1.165, 1.54) is 29.4 Å². The fraction of sp³-hybridized carbons (Fsp3) is 0.444. The van der Waals surface area contributed by atoms with E-state index in [2.05, 4.69) is 27.0 Å². The first-order valence-electron chi connectivity index (χ1n) is 3.98. The predicted molar refractivity (Wildman–Crippen MR) is 48.5 cm³/mol. The monoisotopic (exact) mass is 211 g/mol. The second kappa shape index (κ2) is 2.94. The topological polar surface area (TPSA) is 12.9 Å². The Morgan fingerprint density at radius 2 is 2.27 bits per heavy atom. The van der Waals surface area contributed by atoms with Crippen LogP contribution in [-0.4, -0.2) is 4.98 Å². The van der Waals surface area contributed by atoms with Crippen LogP contribution in [0.1, 0.15) is 30.9 Å². The Morgan fingerprint density at radius 3 is 2.82 bits per heavy atom. The summed E-state index contributed by atoms with van der Waals surface area (Å²) >= 11 is 3.51. The van der Waals surface area contributed by atoms with Crippen LogP contribution in [-0.2, 0) is 0 Å². The molecule has 2 rings (SSSR count). The number of hydrogen-bond acceptors (Lipinski definition) is 1. The van der Waals surface area contributed by atoms with Gasteiger partial charge in [-0.25, -0.2) is 0 Å². The largest absolute Gasteiger partial charge is 0.260 e. The van der Waals surface area contributed by atoms with E-state index in [1.807, 2.05) is 12.3 Å². The molecule has 0 aromatic carbocycles. The van der Waals surface area contributed by atoms with Gasteiger partial charge in [-0.05, 0) is 40.9 Å². The van der Waals surface area contributed by atoms with Gasteiger partial charge in [0.2, 0.25) is 0 Å². The summed E-state index contributed by atoms with van der Waals surface area (Å²) in [5.74, 6) is 0.727. The fourth-order valence-corrected chi connectivity index (χ4v) is 1.96. The van der Waals surface area contributed by atoms with Crippen molar-refractivity contribution in [3.8, 4) is 0 Å². The molecule has 2 heteroatoms. The molecule has 0 saturated heterocycles. The molecule has 0 radical (unpaired) electrons. The molecular weight excluding hydrogens is 202 g/mol. The Bertz CT molecular complexity index is 255. The summed E-state index contributed by atoms with van der Waals surface area (Å²) in [4.78, 5) is 4.35. The van der Waals surface area contributed by atoms with E-state index < -0.39 is 0 Å². The average molecular weight is 212 g/mol. The lowest BCUT2D eigenvalue weighted by Gasteiger charge is -2.25.